The number of carbonyl (C=O) groups is 1. The Labute approximate surface area is 155 Å². The predicted molar refractivity (Wildman–Crippen MR) is 97.0 cm³/mol. The van der Waals surface area contributed by atoms with Crippen molar-refractivity contribution in [3.05, 3.63) is 36.6 Å². The van der Waals surface area contributed by atoms with Crippen molar-refractivity contribution in [1.29, 1.82) is 0 Å². The van der Waals surface area contributed by atoms with Crippen LogP contribution in [-0.4, -0.2) is 36.9 Å². The highest BCUT2D eigenvalue weighted by Gasteiger charge is 2.57. The average molecular weight is 372 g/mol. The second-order valence-corrected chi connectivity index (χ2v) is 7.22. The van der Waals surface area contributed by atoms with Crippen LogP contribution >= 0.6 is 0 Å². The summed E-state index contributed by atoms with van der Waals surface area (Å²) in [6, 6.07) is -0.414. The molecular formula is C18H21FN6O2. The van der Waals surface area contributed by atoms with Crippen LogP contribution in [0.3, 0.4) is 0 Å². The minimum atomic E-state index is -0.871. The van der Waals surface area contributed by atoms with Crippen molar-refractivity contribution in [2.24, 2.45) is 24.3 Å². The molecule has 2 aliphatic rings. The molecule has 2 heterocycles. The number of allylic oxidation sites excluding steroid dienone is 1. The summed E-state index contributed by atoms with van der Waals surface area (Å²) in [4.78, 5) is 20.1. The van der Waals surface area contributed by atoms with Crippen molar-refractivity contribution in [1.82, 2.24) is 19.7 Å². The van der Waals surface area contributed by atoms with E-state index in [1.807, 2.05) is 19.1 Å². The van der Waals surface area contributed by atoms with Gasteiger partial charge in [-0.1, -0.05) is 19.1 Å². The van der Waals surface area contributed by atoms with Crippen LogP contribution < -0.4 is 10.6 Å². The Balaban J connectivity index is 1.59. The smallest absolute Gasteiger partial charge is 0.309 e. The normalized spacial score (nSPS) is 28.5. The Hall–Kier alpha value is -2.97. The predicted octanol–water partition coefficient (Wildman–Crippen LogP) is 2.56. The van der Waals surface area contributed by atoms with Gasteiger partial charge in [0.25, 0.3) is 0 Å². The fourth-order valence-corrected chi connectivity index (χ4v) is 4.35. The molecule has 0 aliphatic heterocycles. The molecule has 2 aromatic heterocycles. The van der Waals surface area contributed by atoms with E-state index in [0.29, 0.717) is 5.69 Å². The number of hydrogen-bond acceptors (Lipinski definition) is 6. The van der Waals surface area contributed by atoms with Crippen molar-refractivity contribution in [2.75, 3.05) is 10.6 Å². The quantitative estimate of drug-likeness (QED) is 0.669. The minimum absolute atomic E-state index is 0.000145. The molecule has 0 saturated heterocycles. The third-order valence-corrected chi connectivity index (χ3v) is 5.66. The van der Waals surface area contributed by atoms with E-state index in [1.54, 1.807) is 24.1 Å². The molecule has 0 spiro atoms. The van der Waals surface area contributed by atoms with Crippen LogP contribution in [0, 0.1) is 23.1 Å². The topological polar surface area (TPSA) is 105 Å². The molecule has 4 rings (SSSR count). The molecule has 9 heteroatoms. The van der Waals surface area contributed by atoms with Gasteiger partial charge >= 0.3 is 5.97 Å². The van der Waals surface area contributed by atoms with E-state index in [2.05, 4.69) is 25.7 Å². The zero-order valence-electron chi connectivity index (χ0n) is 15.1. The third-order valence-electron chi connectivity index (χ3n) is 5.66. The summed E-state index contributed by atoms with van der Waals surface area (Å²) in [6.07, 6.45) is 9.95. The van der Waals surface area contributed by atoms with Gasteiger partial charge in [-0.2, -0.15) is 10.1 Å². The fourth-order valence-electron chi connectivity index (χ4n) is 4.35. The van der Waals surface area contributed by atoms with Crippen molar-refractivity contribution in [2.45, 2.75) is 25.8 Å². The molecule has 2 aromatic rings. The van der Waals surface area contributed by atoms with Crippen LogP contribution in [0.1, 0.15) is 19.8 Å². The van der Waals surface area contributed by atoms with Gasteiger partial charge in [0, 0.05) is 24.7 Å². The first kappa shape index (κ1) is 17.4. The summed E-state index contributed by atoms with van der Waals surface area (Å²) in [5.74, 6) is -1.86. The Morgan fingerprint density at radius 1 is 1.48 bits per heavy atom. The van der Waals surface area contributed by atoms with E-state index in [-0.39, 0.29) is 23.1 Å². The first-order valence-electron chi connectivity index (χ1n) is 8.89. The molecule has 3 N–H and O–H groups in total. The summed E-state index contributed by atoms with van der Waals surface area (Å²) in [7, 11) is 1.78. The van der Waals surface area contributed by atoms with Gasteiger partial charge in [0.15, 0.2) is 11.6 Å². The van der Waals surface area contributed by atoms with E-state index >= 15 is 0 Å². The molecule has 2 bridgehead atoms. The number of rotatable bonds is 6. The summed E-state index contributed by atoms with van der Waals surface area (Å²) in [5, 5.41) is 19.8. The number of carboxylic acids is 1. The van der Waals surface area contributed by atoms with Crippen LogP contribution in [0.15, 0.2) is 30.7 Å². The Bertz CT molecular complexity index is 913. The number of carboxylic acid groups (broad SMARTS) is 1. The molecule has 0 radical (unpaired) electrons. The van der Waals surface area contributed by atoms with Gasteiger partial charge in [-0.15, -0.1) is 0 Å². The zero-order chi connectivity index (χ0) is 19.2. The Kier molecular flexibility index (Phi) is 4.09. The number of nitrogens with zero attached hydrogens (tertiary/aromatic N) is 4. The number of fused-ring (bicyclic) bond motifs is 2. The van der Waals surface area contributed by atoms with Crippen molar-refractivity contribution >= 4 is 23.4 Å². The zero-order valence-corrected chi connectivity index (χ0v) is 15.1. The summed E-state index contributed by atoms with van der Waals surface area (Å²) < 4.78 is 15.9. The number of nitrogens with one attached hydrogen (secondary N) is 2. The molecule has 0 aromatic carbocycles. The number of anilines is 3. The maximum Gasteiger partial charge on any atom is 0.309 e. The van der Waals surface area contributed by atoms with E-state index < -0.39 is 23.7 Å². The molecule has 1 fully saturated rings. The molecule has 8 nitrogen and oxygen atoms in total. The third kappa shape index (κ3) is 2.92. The number of aromatic nitrogens is 4. The fraction of sp³-hybridized carbons (Fsp3) is 0.444. The molecule has 1 saturated carbocycles. The lowest BCUT2D eigenvalue weighted by Crippen LogP contribution is -2.42. The van der Waals surface area contributed by atoms with E-state index in [1.165, 1.54) is 0 Å². The van der Waals surface area contributed by atoms with Gasteiger partial charge < -0.3 is 15.7 Å². The first-order chi connectivity index (χ1) is 12.9. The van der Waals surface area contributed by atoms with Crippen molar-refractivity contribution < 1.29 is 14.3 Å². The second-order valence-electron chi connectivity index (χ2n) is 7.22. The van der Waals surface area contributed by atoms with Gasteiger partial charge in [0.05, 0.1) is 24.0 Å². The molecule has 0 amide bonds. The summed E-state index contributed by atoms with van der Waals surface area (Å²) >= 11 is 0. The lowest BCUT2D eigenvalue weighted by molar-refractivity contribution is -0.144. The van der Waals surface area contributed by atoms with Gasteiger partial charge in [0.2, 0.25) is 5.95 Å². The molecule has 27 heavy (non-hydrogen) atoms. The molecule has 4 atom stereocenters. The maximum absolute atomic E-state index is 14.3. The van der Waals surface area contributed by atoms with Crippen LogP contribution in [0.5, 0.6) is 0 Å². The van der Waals surface area contributed by atoms with Crippen molar-refractivity contribution in [3.63, 3.8) is 0 Å². The SMILES string of the molecule is CC[C@@]12C=C[C@@H](C1)[C@@H](Nc1nc(Nc3cnn(C)c3)ncc1F)[C@H]2C(=O)O. The van der Waals surface area contributed by atoms with Crippen LogP contribution in [-0.2, 0) is 11.8 Å². The highest BCUT2D eigenvalue weighted by atomic mass is 19.1. The van der Waals surface area contributed by atoms with Crippen LogP contribution in [0.25, 0.3) is 0 Å². The Morgan fingerprint density at radius 2 is 2.30 bits per heavy atom. The van der Waals surface area contributed by atoms with Gasteiger partial charge in [0.1, 0.15) is 0 Å². The summed E-state index contributed by atoms with van der Waals surface area (Å²) in [5.41, 5.74) is 0.292. The molecule has 2 aliphatic carbocycles. The standard InChI is InChI=1S/C18H21FN6O2/c1-3-18-5-4-10(6-18)14(13(18)16(26)27)23-15-12(19)8-20-17(24-15)22-11-7-21-25(2)9-11/h4-5,7-10,13-14H,3,6H2,1-2H3,(H,26,27)(H2,20,22,23,24)/t10-,13-,14+,18+/m0/s1. The number of halogens is 1. The van der Waals surface area contributed by atoms with Crippen molar-refractivity contribution in [3.8, 4) is 0 Å². The lowest BCUT2D eigenvalue weighted by Gasteiger charge is -2.33. The summed E-state index contributed by atoms with van der Waals surface area (Å²) in [6.45, 7) is 1.99. The Morgan fingerprint density at radius 3 is 2.96 bits per heavy atom. The number of hydrogen-bond donors (Lipinski definition) is 3. The van der Waals surface area contributed by atoms with E-state index in [4.69, 9.17) is 0 Å². The van der Waals surface area contributed by atoms with E-state index in [0.717, 1.165) is 19.0 Å². The minimum Gasteiger partial charge on any atom is -0.481 e. The van der Waals surface area contributed by atoms with E-state index in [9.17, 15) is 14.3 Å². The highest BCUT2D eigenvalue weighted by Crippen LogP contribution is 2.56. The largest absolute Gasteiger partial charge is 0.481 e. The second kappa shape index (κ2) is 6.33. The average Bonchev–Trinajstić information content (AvgIpc) is 3.31. The van der Waals surface area contributed by atoms with Gasteiger partial charge in [-0.05, 0) is 18.8 Å². The lowest BCUT2D eigenvalue weighted by atomic mass is 9.74. The van der Waals surface area contributed by atoms with Crippen LogP contribution in [0.4, 0.5) is 21.8 Å². The monoisotopic (exact) mass is 372 g/mol. The molecular weight excluding hydrogens is 351 g/mol. The van der Waals surface area contributed by atoms with Gasteiger partial charge in [-0.25, -0.2) is 9.37 Å². The molecule has 142 valence electrons. The number of aryl methyl sites for hydroxylation is 1. The maximum atomic E-state index is 14.3. The highest BCUT2D eigenvalue weighted by molar-refractivity contribution is 5.75. The van der Waals surface area contributed by atoms with Crippen LogP contribution in [0.2, 0.25) is 0 Å². The van der Waals surface area contributed by atoms with Gasteiger partial charge in [-0.3, -0.25) is 9.48 Å². The number of aliphatic carboxylic acids is 1. The molecule has 0 unspecified atom stereocenters. The first-order valence-corrected chi connectivity index (χ1v) is 8.89.